The molecule has 0 aliphatic carbocycles. The Labute approximate surface area is 50.4 Å². The van der Waals surface area contributed by atoms with E-state index in [1.807, 2.05) is 0 Å². The Balaban J connectivity index is 3.76. The smallest absolute Gasteiger partial charge is 0.162 e. The summed E-state index contributed by atoms with van der Waals surface area (Å²) in [6.45, 7) is 6.98. The third-order valence-corrected chi connectivity index (χ3v) is 0.726. The lowest BCUT2D eigenvalue weighted by Crippen LogP contribution is -2.17. The topological polar surface area (TPSA) is 9.23 Å². The van der Waals surface area contributed by atoms with Crippen LogP contribution >= 0.6 is 0 Å². The van der Waals surface area contributed by atoms with Crippen molar-refractivity contribution in [1.82, 2.24) is 0 Å². The molecular weight excluding hydrogens is 100 g/mol. The van der Waals surface area contributed by atoms with E-state index in [4.69, 9.17) is 11.2 Å². The standard InChI is InChI=1S/C7H10O/c1-5-7(3,4)8-6-2/h1,6H,2H2,3-4H3. The lowest BCUT2D eigenvalue weighted by atomic mass is 10.2. The van der Waals surface area contributed by atoms with Crippen LogP contribution in [-0.4, -0.2) is 5.60 Å². The van der Waals surface area contributed by atoms with Gasteiger partial charge in [-0.15, -0.1) is 6.42 Å². The van der Waals surface area contributed by atoms with Crippen molar-refractivity contribution >= 4 is 0 Å². The average molecular weight is 110 g/mol. The number of hydrogen-bond donors (Lipinski definition) is 0. The summed E-state index contributed by atoms with van der Waals surface area (Å²) in [5.74, 6) is 2.45. The van der Waals surface area contributed by atoms with E-state index in [0.29, 0.717) is 0 Å². The van der Waals surface area contributed by atoms with Gasteiger partial charge < -0.3 is 4.74 Å². The predicted molar refractivity (Wildman–Crippen MR) is 34.2 cm³/mol. The molecule has 0 saturated heterocycles. The minimum atomic E-state index is -0.498. The maximum Gasteiger partial charge on any atom is 0.162 e. The predicted octanol–water partition coefficient (Wildman–Crippen LogP) is 1.56. The third kappa shape index (κ3) is 2.30. The molecule has 8 heavy (non-hydrogen) atoms. The zero-order valence-corrected chi connectivity index (χ0v) is 5.27. The van der Waals surface area contributed by atoms with Crippen molar-refractivity contribution in [2.75, 3.05) is 0 Å². The van der Waals surface area contributed by atoms with E-state index in [9.17, 15) is 0 Å². The molecule has 0 aromatic heterocycles. The molecule has 0 atom stereocenters. The van der Waals surface area contributed by atoms with Crippen LogP contribution in [0.15, 0.2) is 12.8 Å². The van der Waals surface area contributed by atoms with Crippen molar-refractivity contribution in [3.8, 4) is 12.3 Å². The average Bonchev–Trinajstić information content (AvgIpc) is 1.67. The minimum Gasteiger partial charge on any atom is -0.483 e. The second kappa shape index (κ2) is 2.42. The fourth-order valence-electron chi connectivity index (χ4n) is 0.242. The minimum absolute atomic E-state index is 0.498. The van der Waals surface area contributed by atoms with Crippen LogP contribution in [0.1, 0.15) is 13.8 Å². The molecule has 0 saturated carbocycles. The largest absolute Gasteiger partial charge is 0.483 e. The molecule has 1 nitrogen and oxygen atoms in total. The second-order valence-electron chi connectivity index (χ2n) is 1.94. The van der Waals surface area contributed by atoms with Crippen LogP contribution in [0.25, 0.3) is 0 Å². The van der Waals surface area contributed by atoms with Gasteiger partial charge in [0.15, 0.2) is 5.60 Å². The number of hydrogen-bond acceptors (Lipinski definition) is 1. The molecule has 0 N–H and O–H groups in total. The van der Waals surface area contributed by atoms with Crippen molar-refractivity contribution in [3.05, 3.63) is 12.8 Å². The monoisotopic (exact) mass is 110 g/mol. The first-order chi connectivity index (χ1) is 3.62. The first kappa shape index (κ1) is 7.10. The molecule has 0 bridgehead atoms. The molecule has 0 spiro atoms. The Bertz CT molecular complexity index is 117. The molecule has 0 fully saturated rings. The van der Waals surface area contributed by atoms with Crippen LogP contribution in [0.4, 0.5) is 0 Å². The Kier molecular flexibility index (Phi) is 2.15. The van der Waals surface area contributed by atoms with E-state index < -0.39 is 5.60 Å². The first-order valence-electron chi connectivity index (χ1n) is 2.39. The van der Waals surface area contributed by atoms with Gasteiger partial charge in [0.1, 0.15) is 0 Å². The summed E-state index contributed by atoms with van der Waals surface area (Å²) in [6.07, 6.45) is 6.42. The number of terminal acetylenes is 1. The van der Waals surface area contributed by atoms with E-state index in [0.717, 1.165) is 0 Å². The SMILES string of the molecule is C#CC(C)(C)OC=C. The molecule has 0 aliphatic rings. The summed E-state index contributed by atoms with van der Waals surface area (Å²) in [5, 5.41) is 0. The van der Waals surface area contributed by atoms with Gasteiger partial charge in [0.25, 0.3) is 0 Å². The Morgan fingerprint density at radius 1 is 1.75 bits per heavy atom. The fourth-order valence-corrected chi connectivity index (χ4v) is 0.242. The zero-order chi connectivity index (χ0) is 6.62. The second-order valence-corrected chi connectivity index (χ2v) is 1.94. The molecule has 0 amide bonds. The van der Waals surface area contributed by atoms with Gasteiger partial charge in [-0.05, 0) is 13.8 Å². The highest BCUT2D eigenvalue weighted by Crippen LogP contribution is 2.05. The van der Waals surface area contributed by atoms with Gasteiger partial charge in [-0.2, -0.15) is 0 Å². The Hall–Kier alpha value is -0.900. The summed E-state index contributed by atoms with van der Waals surface area (Å²) in [5.41, 5.74) is -0.498. The molecule has 0 aliphatic heterocycles. The van der Waals surface area contributed by atoms with Crippen molar-refractivity contribution in [2.45, 2.75) is 19.4 Å². The first-order valence-corrected chi connectivity index (χ1v) is 2.39. The van der Waals surface area contributed by atoms with E-state index in [2.05, 4.69) is 12.5 Å². The van der Waals surface area contributed by atoms with Crippen molar-refractivity contribution < 1.29 is 4.74 Å². The third-order valence-electron chi connectivity index (χ3n) is 0.726. The van der Waals surface area contributed by atoms with Gasteiger partial charge in [0, 0.05) is 0 Å². The van der Waals surface area contributed by atoms with Crippen molar-refractivity contribution in [1.29, 1.82) is 0 Å². The number of ether oxygens (including phenoxy) is 1. The normalized spacial score (nSPS) is 9.62. The number of rotatable bonds is 2. The van der Waals surface area contributed by atoms with Crippen LogP contribution in [0.3, 0.4) is 0 Å². The lowest BCUT2D eigenvalue weighted by molar-refractivity contribution is 0.115. The molecule has 0 aromatic carbocycles. The van der Waals surface area contributed by atoms with Crippen LogP contribution in [0.5, 0.6) is 0 Å². The van der Waals surface area contributed by atoms with Crippen LogP contribution < -0.4 is 0 Å². The van der Waals surface area contributed by atoms with Crippen LogP contribution in [-0.2, 0) is 4.74 Å². The van der Waals surface area contributed by atoms with E-state index in [1.165, 1.54) is 6.26 Å². The van der Waals surface area contributed by atoms with Gasteiger partial charge in [-0.3, -0.25) is 0 Å². The quantitative estimate of drug-likeness (QED) is 0.387. The van der Waals surface area contributed by atoms with Gasteiger partial charge in [0.05, 0.1) is 6.26 Å². The molecular formula is C7H10O. The van der Waals surface area contributed by atoms with Crippen molar-refractivity contribution in [3.63, 3.8) is 0 Å². The fraction of sp³-hybridized carbons (Fsp3) is 0.429. The van der Waals surface area contributed by atoms with Gasteiger partial charge in [-0.1, -0.05) is 12.5 Å². The summed E-state index contributed by atoms with van der Waals surface area (Å²) in [7, 11) is 0. The van der Waals surface area contributed by atoms with Gasteiger partial charge >= 0.3 is 0 Å². The highest BCUT2D eigenvalue weighted by molar-refractivity contribution is 5.03. The summed E-state index contributed by atoms with van der Waals surface area (Å²) in [6, 6.07) is 0. The Morgan fingerprint density at radius 2 is 2.25 bits per heavy atom. The Morgan fingerprint density at radius 3 is 2.38 bits per heavy atom. The lowest BCUT2D eigenvalue weighted by Gasteiger charge is -2.15. The van der Waals surface area contributed by atoms with Crippen molar-refractivity contribution in [2.24, 2.45) is 0 Å². The van der Waals surface area contributed by atoms with Crippen LogP contribution in [0.2, 0.25) is 0 Å². The summed E-state index contributed by atoms with van der Waals surface area (Å²) >= 11 is 0. The molecule has 0 heterocycles. The highest BCUT2D eigenvalue weighted by Gasteiger charge is 2.10. The van der Waals surface area contributed by atoms with E-state index in [1.54, 1.807) is 13.8 Å². The maximum absolute atomic E-state index is 5.07. The molecule has 0 aromatic rings. The summed E-state index contributed by atoms with van der Waals surface area (Å²) < 4.78 is 4.91. The molecule has 0 unspecified atom stereocenters. The van der Waals surface area contributed by atoms with Crippen LogP contribution in [0, 0.1) is 12.3 Å². The molecule has 0 rings (SSSR count). The molecule has 44 valence electrons. The van der Waals surface area contributed by atoms with E-state index in [-0.39, 0.29) is 0 Å². The van der Waals surface area contributed by atoms with E-state index >= 15 is 0 Å². The summed E-state index contributed by atoms with van der Waals surface area (Å²) in [4.78, 5) is 0. The highest BCUT2D eigenvalue weighted by atomic mass is 16.5. The zero-order valence-electron chi connectivity index (χ0n) is 5.27. The molecule has 0 radical (unpaired) electrons. The maximum atomic E-state index is 5.07. The van der Waals surface area contributed by atoms with Gasteiger partial charge in [0.2, 0.25) is 0 Å². The van der Waals surface area contributed by atoms with Gasteiger partial charge in [-0.25, -0.2) is 0 Å². The molecule has 1 heteroatoms.